The third-order valence-electron chi connectivity index (χ3n) is 4.19. The van der Waals surface area contributed by atoms with E-state index in [-0.39, 0.29) is 11.3 Å². The minimum absolute atomic E-state index is 0.249. The summed E-state index contributed by atoms with van der Waals surface area (Å²) >= 11 is 0. The zero-order valence-corrected chi connectivity index (χ0v) is 14.7. The lowest BCUT2D eigenvalue weighted by Gasteiger charge is -2.12. The van der Waals surface area contributed by atoms with E-state index in [1.165, 1.54) is 0 Å². The number of nitrogens with one attached hydrogen (secondary N) is 2. The summed E-state index contributed by atoms with van der Waals surface area (Å²) in [6.45, 7) is 4.82. The Labute approximate surface area is 138 Å². The van der Waals surface area contributed by atoms with Gasteiger partial charge in [-0.1, -0.05) is 26.7 Å². The molecule has 2 rings (SSSR count). The molecule has 5 nitrogen and oxygen atoms in total. The van der Waals surface area contributed by atoms with Crippen molar-refractivity contribution >= 4 is 21.6 Å². The Balaban J connectivity index is 1.93. The molecule has 1 aromatic rings. The predicted octanol–water partition coefficient (Wildman–Crippen LogP) is 3.57. The molecule has 0 bridgehead atoms. The molecule has 1 fully saturated rings. The van der Waals surface area contributed by atoms with Crippen molar-refractivity contribution in [2.75, 3.05) is 11.9 Å². The van der Waals surface area contributed by atoms with E-state index in [0.29, 0.717) is 23.0 Å². The van der Waals surface area contributed by atoms with E-state index >= 15 is 0 Å². The first-order valence-electron chi connectivity index (χ1n) is 8.28. The Hall–Kier alpha value is -1.56. The summed E-state index contributed by atoms with van der Waals surface area (Å²) in [5, 5.41) is 5.25. The number of hydrogen-bond acceptors (Lipinski definition) is 3. The van der Waals surface area contributed by atoms with Gasteiger partial charge in [0.2, 0.25) is 0 Å². The van der Waals surface area contributed by atoms with E-state index in [4.69, 9.17) is 0 Å². The molecule has 0 spiro atoms. The maximum absolute atomic E-state index is 12.5. The second-order valence-corrected chi connectivity index (χ2v) is 8.77. The lowest BCUT2D eigenvalue weighted by molar-refractivity contribution is 0.251. The van der Waals surface area contributed by atoms with Gasteiger partial charge in [0.05, 0.1) is 10.1 Å². The first-order chi connectivity index (χ1) is 10.9. The van der Waals surface area contributed by atoms with Gasteiger partial charge < -0.3 is 10.6 Å². The molecular weight excluding hydrogens is 312 g/mol. The Kier molecular flexibility index (Phi) is 6.04. The van der Waals surface area contributed by atoms with Gasteiger partial charge in [-0.2, -0.15) is 0 Å². The summed E-state index contributed by atoms with van der Waals surface area (Å²) in [6.07, 6.45) is 4.40. The first-order valence-corrected chi connectivity index (χ1v) is 9.83. The Morgan fingerprint density at radius 1 is 1.17 bits per heavy atom. The molecule has 1 aromatic carbocycles. The minimum Gasteiger partial charge on any atom is -0.338 e. The molecule has 1 saturated carbocycles. The van der Waals surface area contributed by atoms with Crippen LogP contribution in [0.1, 0.15) is 46.0 Å². The van der Waals surface area contributed by atoms with Gasteiger partial charge in [-0.05, 0) is 49.4 Å². The number of hydrogen-bond donors (Lipinski definition) is 2. The molecule has 0 saturated heterocycles. The standard InChI is InChI=1S/C17H26N2O3S/c1-13(2)11-12-18-17(20)19-14-7-9-16(10-8-14)23(21,22)15-5-3-4-6-15/h7-10,13,15H,3-6,11-12H2,1-2H3,(H2,18,19,20). The van der Waals surface area contributed by atoms with Gasteiger partial charge in [0.25, 0.3) is 0 Å². The van der Waals surface area contributed by atoms with E-state index in [1.807, 2.05) is 0 Å². The lowest BCUT2D eigenvalue weighted by atomic mass is 10.1. The van der Waals surface area contributed by atoms with Gasteiger partial charge in [0.1, 0.15) is 0 Å². The van der Waals surface area contributed by atoms with Crippen LogP contribution in [0.4, 0.5) is 10.5 Å². The van der Waals surface area contributed by atoms with Crippen molar-refractivity contribution in [3.05, 3.63) is 24.3 Å². The maximum atomic E-state index is 12.5. The fourth-order valence-corrected chi connectivity index (χ4v) is 4.62. The van der Waals surface area contributed by atoms with Crippen molar-refractivity contribution in [2.45, 2.75) is 56.1 Å². The van der Waals surface area contributed by atoms with E-state index in [0.717, 1.165) is 32.1 Å². The quantitative estimate of drug-likeness (QED) is 0.832. The van der Waals surface area contributed by atoms with Gasteiger partial charge in [-0.3, -0.25) is 0 Å². The molecule has 2 amide bonds. The van der Waals surface area contributed by atoms with E-state index in [9.17, 15) is 13.2 Å². The van der Waals surface area contributed by atoms with Gasteiger partial charge in [0.15, 0.2) is 9.84 Å². The average molecular weight is 338 g/mol. The van der Waals surface area contributed by atoms with Gasteiger partial charge >= 0.3 is 6.03 Å². The second kappa shape index (κ2) is 7.81. The molecule has 0 atom stereocenters. The number of sulfone groups is 1. The summed E-state index contributed by atoms with van der Waals surface area (Å²) < 4.78 is 24.9. The summed E-state index contributed by atoms with van der Waals surface area (Å²) in [6, 6.07) is 6.18. The summed E-state index contributed by atoms with van der Waals surface area (Å²) in [7, 11) is -3.24. The SMILES string of the molecule is CC(C)CCNC(=O)Nc1ccc(S(=O)(=O)C2CCCC2)cc1. The highest BCUT2D eigenvalue weighted by Crippen LogP contribution is 2.29. The van der Waals surface area contributed by atoms with Crippen molar-refractivity contribution < 1.29 is 13.2 Å². The number of urea groups is 1. The molecule has 6 heteroatoms. The highest BCUT2D eigenvalue weighted by atomic mass is 32.2. The monoisotopic (exact) mass is 338 g/mol. The van der Waals surface area contributed by atoms with Crippen molar-refractivity contribution in [2.24, 2.45) is 5.92 Å². The van der Waals surface area contributed by atoms with E-state index in [1.54, 1.807) is 24.3 Å². The molecule has 0 aromatic heterocycles. The number of rotatable bonds is 6. The van der Waals surface area contributed by atoms with Crippen LogP contribution in [-0.4, -0.2) is 26.2 Å². The maximum Gasteiger partial charge on any atom is 0.319 e. The molecule has 2 N–H and O–H groups in total. The van der Waals surface area contributed by atoms with Crippen molar-refractivity contribution in [3.8, 4) is 0 Å². The molecule has 1 aliphatic carbocycles. The molecule has 0 aliphatic heterocycles. The van der Waals surface area contributed by atoms with Gasteiger partial charge in [0, 0.05) is 12.2 Å². The van der Waals surface area contributed by atoms with Crippen LogP contribution in [0.2, 0.25) is 0 Å². The zero-order chi connectivity index (χ0) is 16.9. The number of amides is 2. The van der Waals surface area contributed by atoms with Crippen molar-refractivity contribution in [3.63, 3.8) is 0 Å². The highest BCUT2D eigenvalue weighted by molar-refractivity contribution is 7.92. The predicted molar refractivity (Wildman–Crippen MR) is 92.4 cm³/mol. The molecular formula is C17H26N2O3S. The van der Waals surface area contributed by atoms with Crippen LogP contribution in [0.5, 0.6) is 0 Å². The largest absolute Gasteiger partial charge is 0.338 e. The highest BCUT2D eigenvalue weighted by Gasteiger charge is 2.30. The summed E-state index contributed by atoms with van der Waals surface area (Å²) in [5.74, 6) is 0.537. The summed E-state index contributed by atoms with van der Waals surface area (Å²) in [5.41, 5.74) is 0.595. The van der Waals surface area contributed by atoms with Crippen LogP contribution in [0.15, 0.2) is 29.2 Å². The first kappa shape index (κ1) is 17.8. The Bertz CT molecular complexity index is 618. The molecule has 1 aliphatic rings. The van der Waals surface area contributed by atoms with Crippen molar-refractivity contribution in [1.29, 1.82) is 0 Å². The van der Waals surface area contributed by atoms with Crippen LogP contribution in [-0.2, 0) is 9.84 Å². The Morgan fingerprint density at radius 3 is 2.35 bits per heavy atom. The molecule has 23 heavy (non-hydrogen) atoms. The van der Waals surface area contributed by atoms with E-state index in [2.05, 4.69) is 24.5 Å². The van der Waals surface area contributed by atoms with Gasteiger partial charge in [-0.15, -0.1) is 0 Å². The zero-order valence-electron chi connectivity index (χ0n) is 13.8. The number of benzene rings is 1. The second-order valence-electron chi connectivity index (χ2n) is 6.54. The van der Waals surface area contributed by atoms with Crippen LogP contribution in [0.25, 0.3) is 0 Å². The number of anilines is 1. The van der Waals surface area contributed by atoms with Crippen LogP contribution < -0.4 is 10.6 Å². The molecule has 0 radical (unpaired) electrons. The molecule has 0 unspecified atom stereocenters. The third kappa shape index (κ3) is 4.96. The topological polar surface area (TPSA) is 75.3 Å². The fraction of sp³-hybridized carbons (Fsp3) is 0.588. The van der Waals surface area contributed by atoms with E-state index < -0.39 is 9.84 Å². The fourth-order valence-electron chi connectivity index (χ4n) is 2.77. The Morgan fingerprint density at radius 2 is 1.78 bits per heavy atom. The number of carbonyl (C=O) groups excluding carboxylic acids is 1. The smallest absolute Gasteiger partial charge is 0.319 e. The minimum atomic E-state index is -3.24. The van der Waals surface area contributed by atoms with Gasteiger partial charge in [-0.25, -0.2) is 13.2 Å². The van der Waals surface area contributed by atoms with Crippen molar-refractivity contribution in [1.82, 2.24) is 5.32 Å². The van der Waals surface area contributed by atoms with Crippen LogP contribution in [0, 0.1) is 5.92 Å². The van der Waals surface area contributed by atoms with Crippen LogP contribution >= 0.6 is 0 Å². The normalized spacial score (nSPS) is 15.8. The lowest BCUT2D eigenvalue weighted by Crippen LogP contribution is -2.30. The average Bonchev–Trinajstić information content (AvgIpc) is 3.02. The molecule has 0 heterocycles. The molecule has 128 valence electrons. The van der Waals surface area contributed by atoms with Crippen LogP contribution in [0.3, 0.4) is 0 Å². The number of carbonyl (C=O) groups is 1. The summed E-state index contributed by atoms with van der Waals surface area (Å²) in [4.78, 5) is 12.1. The third-order valence-corrected chi connectivity index (χ3v) is 6.47.